The van der Waals surface area contributed by atoms with E-state index in [1.807, 2.05) is 0 Å². The van der Waals surface area contributed by atoms with Crippen LogP contribution in [0, 0.1) is 0 Å². The molecule has 0 atom stereocenters. The summed E-state index contributed by atoms with van der Waals surface area (Å²) in [5, 5.41) is 2.99. The van der Waals surface area contributed by atoms with E-state index in [0.29, 0.717) is 12.2 Å². The first kappa shape index (κ1) is 11.8. The molecule has 0 saturated carbocycles. The van der Waals surface area contributed by atoms with Gasteiger partial charge in [0.05, 0.1) is 5.75 Å². The maximum Gasteiger partial charge on any atom is 0.213 e. The minimum absolute atomic E-state index is 0.0495. The Morgan fingerprint density at radius 1 is 1.27 bits per heavy atom. The van der Waals surface area contributed by atoms with E-state index < -0.39 is 10.0 Å². The summed E-state index contributed by atoms with van der Waals surface area (Å²) in [6.45, 7) is 0.368. The lowest BCUT2D eigenvalue weighted by atomic mass is 10.3. The van der Waals surface area contributed by atoms with Crippen LogP contribution in [0.25, 0.3) is 0 Å². The maximum absolute atomic E-state index is 11.1. The lowest BCUT2D eigenvalue weighted by Crippen LogP contribution is -2.26. The van der Waals surface area contributed by atoms with Crippen LogP contribution in [-0.4, -0.2) is 27.8 Å². The maximum atomic E-state index is 11.1. The van der Waals surface area contributed by atoms with Crippen molar-refractivity contribution in [3.05, 3.63) is 24.3 Å². The fourth-order valence-corrected chi connectivity index (χ4v) is 1.61. The van der Waals surface area contributed by atoms with Crippen LogP contribution >= 0.6 is 0 Å². The topological polar surface area (TPSA) is 84.2 Å². The van der Waals surface area contributed by atoms with Crippen molar-refractivity contribution in [1.29, 1.82) is 0 Å². The van der Waals surface area contributed by atoms with Gasteiger partial charge in [0.1, 0.15) is 0 Å². The van der Waals surface area contributed by atoms with E-state index in [0.717, 1.165) is 5.69 Å². The summed E-state index contributed by atoms with van der Waals surface area (Å²) >= 11 is 0. The van der Waals surface area contributed by atoms with Crippen LogP contribution in [0.2, 0.25) is 0 Å². The number of benzene rings is 1. The fraction of sp³-hybridized carbons (Fsp3) is 0.333. The van der Waals surface area contributed by atoms with E-state index in [-0.39, 0.29) is 5.75 Å². The SMILES string of the molecule is CNS(=O)(=O)CCNc1ccc(N)cc1. The number of hydrogen-bond acceptors (Lipinski definition) is 4. The Kier molecular flexibility index (Phi) is 3.93. The molecule has 0 amide bonds. The average molecular weight is 229 g/mol. The molecule has 0 radical (unpaired) electrons. The van der Waals surface area contributed by atoms with Crippen molar-refractivity contribution in [1.82, 2.24) is 4.72 Å². The number of hydrogen-bond donors (Lipinski definition) is 3. The molecule has 6 heteroatoms. The van der Waals surface area contributed by atoms with E-state index >= 15 is 0 Å². The van der Waals surface area contributed by atoms with Gasteiger partial charge in [0.2, 0.25) is 10.0 Å². The second kappa shape index (κ2) is 4.99. The number of anilines is 2. The summed E-state index contributed by atoms with van der Waals surface area (Å²) in [5.74, 6) is 0.0495. The van der Waals surface area contributed by atoms with Gasteiger partial charge in [-0.3, -0.25) is 0 Å². The summed E-state index contributed by atoms with van der Waals surface area (Å²) in [7, 11) is -1.73. The normalized spacial score (nSPS) is 11.3. The highest BCUT2D eigenvalue weighted by Gasteiger charge is 2.05. The lowest BCUT2D eigenvalue weighted by molar-refractivity contribution is 0.588. The van der Waals surface area contributed by atoms with Crippen molar-refractivity contribution in [2.45, 2.75) is 0 Å². The third-order valence-electron chi connectivity index (χ3n) is 1.92. The summed E-state index contributed by atoms with van der Waals surface area (Å²) in [6, 6.07) is 7.13. The van der Waals surface area contributed by atoms with Crippen LogP contribution in [0.4, 0.5) is 11.4 Å². The molecule has 0 saturated heterocycles. The Balaban J connectivity index is 2.42. The third kappa shape index (κ3) is 4.18. The van der Waals surface area contributed by atoms with E-state index in [2.05, 4.69) is 10.0 Å². The van der Waals surface area contributed by atoms with Crippen molar-refractivity contribution in [2.24, 2.45) is 0 Å². The molecule has 5 nitrogen and oxygen atoms in total. The van der Waals surface area contributed by atoms with Crippen LogP contribution < -0.4 is 15.8 Å². The molecule has 0 aliphatic carbocycles. The van der Waals surface area contributed by atoms with Gasteiger partial charge >= 0.3 is 0 Å². The highest BCUT2D eigenvalue weighted by Crippen LogP contribution is 2.09. The first-order valence-electron chi connectivity index (χ1n) is 4.54. The van der Waals surface area contributed by atoms with Crippen LogP contribution in [0.3, 0.4) is 0 Å². The average Bonchev–Trinajstić information content (AvgIpc) is 2.21. The fourth-order valence-electron chi connectivity index (χ4n) is 1.03. The highest BCUT2D eigenvalue weighted by molar-refractivity contribution is 7.89. The van der Waals surface area contributed by atoms with Gasteiger partial charge in [0.25, 0.3) is 0 Å². The van der Waals surface area contributed by atoms with Gasteiger partial charge in [0, 0.05) is 17.9 Å². The predicted octanol–water partition coefficient (Wildman–Crippen LogP) is 0.230. The van der Waals surface area contributed by atoms with Crippen molar-refractivity contribution in [2.75, 3.05) is 30.4 Å². The molecule has 0 heterocycles. The molecule has 1 aromatic carbocycles. The molecule has 0 spiro atoms. The van der Waals surface area contributed by atoms with Crippen LogP contribution in [0.1, 0.15) is 0 Å². The van der Waals surface area contributed by atoms with E-state index in [9.17, 15) is 8.42 Å². The first-order chi connectivity index (χ1) is 7.03. The standard InChI is InChI=1S/C9H15N3O2S/c1-11-15(13,14)7-6-12-9-4-2-8(10)3-5-9/h2-5,11-12H,6-7,10H2,1H3. The molecule has 1 aromatic rings. The first-order valence-corrected chi connectivity index (χ1v) is 6.19. The molecule has 0 aromatic heterocycles. The molecule has 0 bridgehead atoms. The zero-order valence-electron chi connectivity index (χ0n) is 8.53. The molecule has 1 rings (SSSR count). The van der Waals surface area contributed by atoms with E-state index in [1.165, 1.54) is 7.05 Å². The second-order valence-electron chi connectivity index (χ2n) is 3.07. The van der Waals surface area contributed by atoms with Crippen molar-refractivity contribution < 1.29 is 8.42 Å². The Morgan fingerprint density at radius 3 is 2.40 bits per heavy atom. The van der Waals surface area contributed by atoms with E-state index in [1.54, 1.807) is 24.3 Å². The van der Waals surface area contributed by atoms with Gasteiger partial charge in [-0.25, -0.2) is 13.1 Å². The van der Waals surface area contributed by atoms with Gasteiger partial charge < -0.3 is 11.1 Å². The molecule has 15 heavy (non-hydrogen) atoms. The number of nitrogens with one attached hydrogen (secondary N) is 2. The Hall–Kier alpha value is -1.27. The molecule has 0 fully saturated rings. The number of nitrogens with two attached hydrogens (primary N) is 1. The van der Waals surface area contributed by atoms with Crippen molar-refractivity contribution in [3.8, 4) is 0 Å². The van der Waals surface area contributed by atoms with Crippen LogP contribution in [-0.2, 0) is 10.0 Å². The Bertz CT molecular complexity index is 400. The molecular weight excluding hydrogens is 214 g/mol. The number of nitrogen functional groups attached to an aromatic ring is 1. The molecule has 84 valence electrons. The Labute approximate surface area is 89.7 Å². The van der Waals surface area contributed by atoms with Gasteiger partial charge in [-0.1, -0.05) is 0 Å². The molecule has 0 unspecified atom stereocenters. The van der Waals surface area contributed by atoms with Gasteiger partial charge in [0.15, 0.2) is 0 Å². The zero-order valence-corrected chi connectivity index (χ0v) is 9.34. The van der Waals surface area contributed by atoms with Gasteiger partial charge in [-0.2, -0.15) is 0 Å². The van der Waals surface area contributed by atoms with Crippen LogP contribution in [0.15, 0.2) is 24.3 Å². The second-order valence-corrected chi connectivity index (χ2v) is 5.12. The Morgan fingerprint density at radius 2 is 1.87 bits per heavy atom. The van der Waals surface area contributed by atoms with Crippen molar-refractivity contribution in [3.63, 3.8) is 0 Å². The molecular formula is C9H15N3O2S. The summed E-state index contributed by atoms with van der Waals surface area (Å²) in [4.78, 5) is 0. The van der Waals surface area contributed by atoms with Gasteiger partial charge in [-0.15, -0.1) is 0 Å². The predicted molar refractivity (Wildman–Crippen MR) is 62.2 cm³/mol. The smallest absolute Gasteiger partial charge is 0.213 e. The molecule has 0 aliphatic heterocycles. The van der Waals surface area contributed by atoms with Crippen molar-refractivity contribution >= 4 is 21.4 Å². The number of rotatable bonds is 5. The lowest BCUT2D eigenvalue weighted by Gasteiger charge is -2.06. The highest BCUT2D eigenvalue weighted by atomic mass is 32.2. The summed E-state index contributed by atoms with van der Waals surface area (Å²) in [5.41, 5.74) is 7.05. The third-order valence-corrected chi connectivity index (χ3v) is 3.29. The molecule has 4 N–H and O–H groups in total. The summed E-state index contributed by atoms with van der Waals surface area (Å²) < 4.78 is 24.4. The van der Waals surface area contributed by atoms with Crippen LogP contribution in [0.5, 0.6) is 0 Å². The van der Waals surface area contributed by atoms with Gasteiger partial charge in [-0.05, 0) is 31.3 Å². The minimum Gasteiger partial charge on any atom is -0.399 e. The quantitative estimate of drug-likeness (QED) is 0.631. The van der Waals surface area contributed by atoms with E-state index in [4.69, 9.17) is 5.73 Å². The number of sulfonamides is 1. The molecule has 0 aliphatic rings. The zero-order chi connectivity index (χ0) is 11.3. The monoisotopic (exact) mass is 229 g/mol. The summed E-state index contributed by atoms with van der Waals surface area (Å²) in [6.07, 6.45) is 0. The largest absolute Gasteiger partial charge is 0.399 e. The minimum atomic E-state index is -3.13.